The summed E-state index contributed by atoms with van der Waals surface area (Å²) < 4.78 is 46.6. The summed E-state index contributed by atoms with van der Waals surface area (Å²) >= 11 is 0. The van der Waals surface area contributed by atoms with Crippen molar-refractivity contribution >= 4 is 17.8 Å². The molecule has 0 unspecified atom stereocenters. The van der Waals surface area contributed by atoms with Crippen molar-refractivity contribution in [1.29, 1.82) is 0 Å². The molecule has 0 saturated carbocycles. The Bertz CT molecular complexity index is 914. The van der Waals surface area contributed by atoms with Gasteiger partial charge in [0, 0.05) is 43.8 Å². The molecule has 2 N–H and O–H groups in total. The van der Waals surface area contributed by atoms with Crippen molar-refractivity contribution in [2.75, 3.05) is 18.4 Å². The van der Waals surface area contributed by atoms with Gasteiger partial charge in [0.25, 0.3) is 5.91 Å². The van der Waals surface area contributed by atoms with Crippen molar-refractivity contribution in [3.8, 4) is 11.5 Å². The number of carboxylic acid groups (broad SMARTS) is 1. The van der Waals surface area contributed by atoms with Gasteiger partial charge < -0.3 is 19.5 Å². The molecule has 8 nitrogen and oxygen atoms in total. The summed E-state index contributed by atoms with van der Waals surface area (Å²) in [4.78, 5) is 28.8. The van der Waals surface area contributed by atoms with E-state index in [9.17, 15) is 22.8 Å². The first-order chi connectivity index (χ1) is 14.2. The molecule has 2 amide bonds. The van der Waals surface area contributed by atoms with Gasteiger partial charge in [-0.25, -0.2) is 9.78 Å². The van der Waals surface area contributed by atoms with Crippen molar-refractivity contribution in [3.63, 3.8) is 0 Å². The quantitative estimate of drug-likeness (QED) is 0.757. The molecule has 1 aliphatic heterocycles. The number of pyridine rings is 1. The fraction of sp³-hybridized carbons (Fsp3) is 0.316. The number of likely N-dealkylation sites (tertiary alicyclic amines) is 1. The number of carbonyl (C=O) groups excluding carboxylic acids is 1. The van der Waals surface area contributed by atoms with E-state index < -0.39 is 12.5 Å². The first kappa shape index (κ1) is 21.2. The molecule has 3 rings (SSSR count). The fourth-order valence-corrected chi connectivity index (χ4v) is 3.04. The van der Waals surface area contributed by atoms with Crippen LogP contribution in [0.5, 0.6) is 11.5 Å². The van der Waals surface area contributed by atoms with E-state index in [1.807, 2.05) is 0 Å². The second-order valence-corrected chi connectivity index (χ2v) is 6.49. The third-order valence-corrected chi connectivity index (χ3v) is 4.31. The lowest BCUT2D eigenvalue weighted by Gasteiger charge is -2.32. The third kappa shape index (κ3) is 6.00. The number of ether oxygens (including phenoxy) is 2. The lowest BCUT2D eigenvalue weighted by Crippen LogP contribution is -2.41. The van der Waals surface area contributed by atoms with Gasteiger partial charge in [0.1, 0.15) is 23.4 Å². The number of nitrogens with one attached hydrogen (secondary N) is 1. The molecule has 1 saturated heterocycles. The van der Waals surface area contributed by atoms with Crippen LogP contribution in [0.25, 0.3) is 0 Å². The molecule has 1 aliphatic rings. The minimum atomic E-state index is -4.78. The van der Waals surface area contributed by atoms with Crippen LogP contribution < -0.4 is 14.8 Å². The topological polar surface area (TPSA) is 101 Å². The Hall–Kier alpha value is -3.50. The smallest absolute Gasteiger partial charge is 0.490 e. The molecule has 1 aromatic heterocycles. The van der Waals surface area contributed by atoms with Crippen molar-refractivity contribution < 1.29 is 37.3 Å². The van der Waals surface area contributed by atoms with Crippen molar-refractivity contribution in [3.05, 3.63) is 48.2 Å². The molecule has 0 radical (unpaired) electrons. The standard InChI is InChI=1S/C19H18F3N3O5/c20-19(21,22)30-15-3-1-2-14(11-15)29-13-5-8-25(9-6-13)17(26)12-4-7-23-16(10-12)24-18(27)28/h1-4,7,10-11,13H,5-6,8-9H2,(H,23,24)(H,27,28). The van der Waals surface area contributed by atoms with E-state index in [-0.39, 0.29) is 29.3 Å². The predicted molar refractivity (Wildman–Crippen MR) is 98.6 cm³/mol. The average Bonchev–Trinajstić information content (AvgIpc) is 2.67. The summed E-state index contributed by atoms with van der Waals surface area (Å²) in [5.41, 5.74) is 0.296. The van der Waals surface area contributed by atoms with E-state index in [4.69, 9.17) is 9.84 Å². The molecule has 30 heavy (non-hydrogen) atoms. The number of alkyl halides is 3. The van der Waals surface area contributed by atoms with E-state index in [1.54, 1.807) is 4.90 Å². The number of aromatic nitrogens is 1. The highest BCUT2D eigenvalue weighted by molar-refractivity contribution is 5.95. The van der Waals surface area contributed by atoms with Gasteiger partial charge >= 0.3 is 12.5 Å². The van der Waals surface area contributed by atoms with Crippen LogP contribution in [0.4, 0.5) is 23.8 Å². The number of amides is 2. The van der Waals surface area contributed by atoms with Crippen LogP contribution in [-0.4, -0.2) is 52.5 Å². The first-order valence-electron chi connectivity index (χ1n) is 8.97. The Morgan fingerprint density at radius 2 is 1.83 bits per heavy atom. The maximum absolute atomic E-state index is 12.6. The lowest BCUT2D eigenvalue weighted by molar-refractivity contribution is -0.274. The Labute approximate surface area is 169 Å². The minimum absolute atomic E-state index is 0.0486. The number of nitrogens with zero attached hydrogens (tertiary/aromatic N) is 2. The van der Waals surface area contributed by atoms with E-state index in [1.165, 1.54) is 42.6 Å². The van der Waals surface area contributed by atoms with Crippen LogP contribution in [0.2, 0.25) is 0 Å². The number of hydrogen-bond donors (Lipinski definition) is 2. The SMILES string of the molecule is O=C(O)Nc1cc(C(=O)N2CCC(Oc3cccc(OC(F)(F)F)c3)CC2)ccn1. The second-order valence-electron chi connectivity index (χ2n) is 6.49. The zero-order valence-corrected chi connectivity index (χ0v) is 15.6. The molecule has 160 valence electrons. The Morgan fingerprint density at radius 1 is 1.13 bits per heavy atom. The van der Waals surface area contributed by atoms with Crippen molar-refractivity contribution in [2.45, 2.75) is 25.3 Å². The highest BCUT2D eigenvalue weighted by Crippen LogP contribution is 2.28. The Kier molecular flexibility index (Phi) is 6.28. The first-order valence-corrected chi connectivity index (χ1v) is 8.97. The van der Waals surface area contributed by atoms with Gasteiger partial charge in [0.15, 0.2) is 0 Å². The van der Waals surface area contributed by atoms with Gasteiger partial charge in [-0.3, -0.25) is 10.1 Å². The zero-order chi connectivity index (χ0) is 21.7. The maximum atomic E-state index is 12.6. The fourth-order valence-electron chi connectivity index (χ4n) is 3.04. The molecule has 0 bridgehead atoms. The zero-order valence-electron chi connectivity index (χ0n) is 15.6. The predicted octanol–water partition coefficient (Wildman–Crippen LogP) is 3.75. The molecular formula is C19H18F3N3O5. The van der Waals surface area contributed by atoms with Crippen LogP contribution in [-0.2, 0) is 0 Å². The number of rotatable bonds is 5. The van der Waals surface area contributed by atoms with Crippen LogP contribution >= 0.6 is 0 Å². The Morgan fingerprint density at radius 3 is 2.50 bits per heavy atom. The van der Waals surface area contributed by atoms with Gasteiger partial charge in [-0.2, -0.15) is 0 Å². The van der Waals surface area contributed by atoms with Crippen molar-refractivity contribution in [2.24, 2.45) is 0 Å². The molecule has 0 aliphatic carbocycles. The van der Waals surface area contributed by atoms with E-state index in [0.717, 1.165) is 0 Å². The third-order valence-electron chi connectivity index (χ3n) is 4.31. The maximum Gasteiger partial charge on any atom is 0.573 e. The normalized spacial score (nSPS) is 14.8. The van der Waals surface area contributed by atoms with Gasteiger partial charge in [0.05, 0.1) is 0 Å². The number of piperidine rings is 1. The summed E-state index contributed by atoms with van der Waals surface area (Å²) in [6.07, 6.45) is -4.02. The van der Waals surface area contributed by atoms with Gasteiger partial charge in [-0.15, -0.1) is 13.2 Å². The average molecular weight is 425 g/mol. The van der Waals surface area contributed by atoms with Gasteiger partial charge in [-0.05, 0) is 24.3 Å². The summed E-state index contributed by atoms with van der Waals surface area (Å²) in [6.45, 7) is 0.762. The number of halogens is 3. The van der Waals surface area contributed by atoms with Crippen molar-refractivity contribution in [1.82, 2.24) is 9.88 Å². The monoisotopic (exact) mass is 425 g/mol. The van der Waals surface area contributed by atoms with Crippen LogP contribution in [0, 0.1) is 0 Å². The molecule has 11 heteroatoms. The van der Waals surface area contributed by atoms with Crippen LogP contribution in [0.15, 0.2) is 42.6 Å². The largest absolute Gasteiger partial charge is 0.573 e. The highest BCUT2D eigenvalue weighted by atomic mass is 19.4. The summed E-state index contributed by atoms with van der Waals surface area (Å²) in [5.74, 6) is -0.339. The van der Waals surface area contributed by atoms with E-state index >= 15 is 0 Å². The molecule has 2 aromatic rings. The number of anilines is 1. The summed E-state index contributed by atoms with van der Waals surface area (Å²) in [5, 5.41) is 10.8. The number of benzene rings is 1. The number of hydrogen-bond acceptors (Lipinski definition) is 5. The second kappa shape index (κ2) is 8.89. The van der Waals surface area contributed by atoms with Crippen LogP contribution in [0.3, 0.4) is 0 Å². The minimum Gasteiger partial charge on any atom is -0.490 e. The molecular weight excluding hydrogens is 407 g/mol. The molecule has 2 heterocycles. The van der Waals surface area contributed by atoms with E-state index in [2.05, 4.69) is 15.0 Å². The highest BCUT2D eigenvalue weighted by Gasteiger charge is 2.31. The lowest BCUT2D eigenvalue weighted by atomic mass is 10.1. The summed E-state index contributed by atoms with van der Waals surface area (Å²) in [7, 11) is 0. The van der Waals surface area contributed by atoms with Gasteiger partial charge in [0.2, 0.25) is 0 Å². The molecule has 1 aromatic carbocycles. The molecule has 1 fully saturated rings. The van der Waals surface area contributed by atoms with E-state index in [0.29, 0.717) is 31.5 Å². The van der Waals surface area contributed by atoms with Gasteiger partial charge in [-0.1, -0.05) is 6.07 Å². The van der Waals surface area contributed by atoms with Crippen LogP contribution in [0.1, 0.15) is 23.2 Å². The summed E-state index contributed by atoms with van der Waals surface area (Å²) in [6, 6.07) is 8.13. The molecule has 0 spiro atoms. The Balaban J connectivity index is 1.55. The molecule has 0 atom stereocenters. The number of carbonyl (C=O) groups is 2.